The van der Waals surface area contributed by atoms with Crippen molar-refractivity contribution in [1.29, 1.82) is 0 Å². The Bertz CT molecular complexity index is 1220. The second kappa shape index (κ2) is 8.98. The van der Waals surface area contributed by atoms with Crippen LogP contribution >= 0.6 is 11.6 Å². The van der Waals surface area contributed by atoms with Crippen LogP contribution in [0.4, 0.5) is 5.69 Å². The number of imidazole rings is 1. The minimum absolute atomic E-state index is 0.0773. The van der Waals surface area contributed by atoms with E-state index in [2.05, 4.69) is 22.2 Å². The van der Waals surface area contributed by atoms with Gasteiger partial charge in [-0.25, -0.2) is 13.4 Å². The van der Waals surface area contributed by atoms with Crippen molar-refractivity contribution in [3.8, 4) is 0 Å². The highest BCUT2D eigenvalue weighted by molar-refractivity contribution is 7.89. The van der Waals surface area contributed by atoms with E-state index in [1.807, 2.05) is 12.1 Å². The van der Waals surface area contributed by atoms with Crippen LogP contribution in [-0.2, 0) is 16.4 Å². The van der Waals surface area contributed by atoms with E-state index in [1.165, 1.54) is 22.5 Å². The van der Waals surface area contributed by atoms with E-state index in [-0.39, 0.29) is 15.5 Å². The van der Waals surface area contributed by atoms with Gasteiger partial charge >= 0.3 is 0 Å². The Morgan fingerprint density at radius 3 is 2.71 bits per heavy atom. The van der Waals surface area contributed by atoms with Gasteiger partial charge in [0.25, 0.3) is 5.91 Å². The van der Waals surface area contributed by atoms with Gasteiger partial charge in [0.2, 0.25) is 10.0 Å². The number of benzene rings is 2. The molecule has 0 atom stereocenters. The van der Waals surface area contributed by atoms with Gasteiger partial charge in [-0.05, 0) is 55.7 Å². The molecule has 31 heavy (non-hydrogen) atoms. The molecule has 7 nitrogen and oxygen atoms in total. The van der Waals surface area contributed by atoms with Gasteiger partial charge < -0.3 is 10.3 Å². The fraction of sp³-hybridized carbons (Fsp3) is 0.364. The maximum absolute atomic E-state index is 12.9. The average Bonchev–Trinajstić information content (AvgIpc) is 3.42. The van der Waals surface area contributed by atoms with Crippen LogP contribution in [0.3, 0.4) is 0 Å². The van der Waals surface area contributed by atoms with E-state index in [9.17, 15) is 13.2 Å². The molecule has 1 amide bonds. The first kappa shape index (κ1) is 21.8. The summed E-state index contributed by atoms with van der Waals surface area (Å²) in [6.45, 7) is 3.13. The van der Waals surface area contributed by atoms with Gasteiger partial charge in [0.15, 0.2) is 0 Å². The molecule has 0 unspecified atom stereocenters. The third-order valence-corrected chi connectivity index (χ3v) is 7.67. The smallest absolute Gasteiger partial charge is 0.257 e. The average molecular weight is 461 g/mol. The number of hydrogen-bond donors (Lipinski definition) is 2. The van der Waals surface area contributed by atoms with E-state index in [1.54, 1.807) is 6.07 Å². The van der Waals surface area contributed by atoms with Crippen molar-refractivity contribution in [2.45, 2.75) is 43.9 Å². The second-order valence-electron chi connectivity index (χ2n) is 7.73. The molecule has 2 heterocycles. The molecule has 164 valence electrons. The largest absolute Gasteiger partial charge is 0.342 e. The van der Waals surface area contributed by atoms with Crippen molar-refractivity contribution in [1.82, 2.24) is 14.3 Å². The summed E-state index contributed by atoms with van der Waals surface area (Å²) in [5.41, 5.74) is 2.36. The number of rotatable bonds is 7. The van der Waals surface area contributed by atoms with Crippen LogP contribution in [0.2, 0.25) is 5.02 Å². The molecular formula is C22H25ClN4O3S. The molecular weight excluding hydrogens is 436 g/mol. The first-order chi connectivity index (χ1) is 14.9. The molecule has 3 aromatic rings. The van der Waals surface area contributed by atoms with Crippen molar-refractivity contribution in [3.63, 3.8) is 0 Å². The number of nitrogens with zero attached hydrogens (tertiary/aromatic N) is 2. The number of H-pyrrole nitrogens is 1. The third kappa shape index (κ3) is 4.61. The Balaban J connectivity index is 1.56. The summed E-state index contributed by atoms with van der Waals surface area (Å²) >= 11 is 6.23. The fourth-order valence-corrected chi connectivity index (χ4v) is 5.46. The van der Waals surface area contributed by atoms with Gasteiger partial charge in [-0.15, -0.1) is 0 Å². The predicted octanol–water partition coefficient (Wildman–Crippen LogP) is 4.60. The van der Waals surface area contributed by atoms with E-state index in [0.717, 1.165) is 49.0 Å². The maximum Gasteiger partial charge on any atom is 0.257 e. The van der Waals surface area contributed by atoms with Crippen LogP contribution in [0.1, 0.15) is 48.8 Å². The normalized spacial score (nSPS) is 14.9. The summed E-state index contributed by atoms with van der Waals surface area (Å²) in [6.07, 6.45) is 4.71. The Morgan fingerprint density at radius 2 is 1.97 bits per heavy atom. The molecule has 0 spiro atoms. The first-order valence-electron chi connectivity index (χ1n) is 10.5. The van der Waals surface area contributed by atoms with Crippen molar-refractivity contribution in [2.24, 2.45) is 0 Å². The predicted molar refractivity (Wildman–Crippen MR) is 122 cm³/mol. The van der Waals surface area contributed by atoms with Crippen LogP contribution < -0.4 is 5.32 Å². The number of aromatic amines is 1. The van der Waals surface area contributed by atoms with Crippen molar-refractivity contribution >= 4 is 44.3 Å². The minimum atomic E-state index is -3.64. The molecule has 9 heteroatoms. The molecule has 1 fully saturated rings. The number of amides is 1. The van der Waals surface area contributed by atoms with Gasteiger partial charge in [0.1, 0.15) is 5.82 Å². The van der Waals surface area contributed by atoms with Crippen LogP contribution in [0.5, 0.6) is 0 Å². The van der Waals surface area contributed by atoms with Crippen molar-refractivity contribution < 1.29 is 13.2 Å². The van der Waals surface area contributed by atoms with Gasteiger partial charge in [-0.1, -0.05) is 24.9 Å². The highest BCUT2D eigenvalue weighted by Gasteiger charge is 2.28. The lowest BCUT2D eigenvalue weighted by Crippen LogP contribution is -2.28. The van der Waals surface area contributed by atoms with Gasteiger partial charge in [-0.3, -0.25) is 4.79 Å². The fourth-order valence-electron chi connectivity index (χ4n) is 3.72. The maximum atomic E-state index is 12.9. The molecule has 0 radical (unpaired) electrons. The van der Waals surface area contributed by atoms with E-state index in [4.69, 9.17) is 11.6 Å². The highest BCUT2D eigenvalue weighted by Crippen LogP contribution is 2.26. The van der Waals surface area contributed by atoms with Gasteiger partial charge in [0.05, 0.1) is 26.5 Å². The second-order valence-corrected chi connectivity index (χ2v) is 10.1. The number of aromatic nitrogens is 2. The summed E-state index contributed by atoms with van der Waals surface area (Å²) in [6, 6.07) is 9.67. The summed E-state index contributed by atoms with van der Waals surface area (Å²) in [4.78, 5) is 20.8. The molecule has 0 saturated carbocycles. The van der Waals surface area contributed by atoms with E-state index >= 15 is 0 Å². The third-order valence-electron chi connectivity index (χ3n) is 5.44. The van der Waals surface area contributed by atoms with E-state index in [0.29, 0.717) is 18.8 Å². The summed E-state index contributed by atoms with van der Waals surface area (Å²) in [7, 11) is -3.64. The van der Waals surface area contributed by atoms with Crippen molar-refractivity contribution in [2.75, 3.05) is 18.4 Å². The summed E-state index contributed by atoms with van der Waals surface area (Å²) < 4.78 is 27.1. The first-order valence-corrected chi connectivity index (χ1v) is 12.3. The number of aryl methyl sites for hydroxylation is 1. The number of halogens is 1. The number of anilines is 1. The summed E-state index contributed by atoms with van der Waals surface area (Å²) in [5.74, 6) is 0.455. The quantitative estimate of drug-likeness (QED) is 0.538. The van der Waals surface area contributed by atoms with Crippen LogP contribution in [-0.4, -0.2) is 41.7 Å². The molecule has 1 aliphatic heterocycles. The standard InChI is InChI=1S/C22H25ClN4O3S/c1-2-3-6-21-25-19-10-7-15(13-20(19)26-21)24-22(28)17-14-16(8-9-18(17)23)31(29,30)27-11-4-5-12-27/h7-10,13-14H,2-6,11-12H2,1H3,(H,24,28)(H,25,26). The Kier molecular flexibility index (Phi) is 6.31. The highest BCUT2D eigenvalue weighted by atomic mass is 35.5. The molecule has 0 bridgehead atoms. The summed E-state index contributed by atoms with van der Waals surface area (Å²) in [5, 5.41) is 3.01. The monoisotopic (exact) mass is 460 g/mol. The molecule has 1 aliphatic rings. The molecule has 2 N–H and O–H groups in total. The Labute approximate surface area is 186 Å². The zero-order valence-electron chi connectivity index (χ0n) is 17.3. The lowest BCUT2D eigenvalue weighted by molar-refractivity contribution is 0.102. The van der Waals surface area contributed by atoms with Crippen LogP contribution in [0, 0.1) is 0 Å². The van der Waals surface area contributed by atoms with Crippen LogP contribution in [0.15, 0.2) is 41.3 Å². The zero-order valence-corrected chi connectivity index (χ0v) is 18.9. The molecule has 2 aromatic carbocycles. The number of nitrogens with one attached hydrogen (secondary N) is 2. The molecule has 4 rings (SSSR count). The number of carbonyl (C=O) groups is 1. The Hall–Kier alpha value is -2.42. The number of unbranched alkanes of at least 4 members (excludes halogenated alkanes) is 1. The number of sulfonamides is 1. The Morgan fingerprint density at radius 1 is 1.19 bits per heavy atom. The number of hydrogen-bond acceptors (Lipinski definition) is 4. The van der Waals surface area contributed by atoms with Crippen LogP contribution in [0.25, 0.3) is 11.0 Å². The molecule has 1 saturated heterocycles. The lowest BCUT2D eigenvalue weighted by Gasteiger charge is -2.16. The van der Waals surface area contributed by atoms with E-state index < -0.39 is 15.9 Å². The number of carbonyl (C=O) groups excluding carboxylic acids is 1. The topological polar surface area (TPSA) is 95.2 Å². The molecule has 0 aliphatic carbocycles. The zero-order chi connectivity index (χ0) is 22.0. The van der Waals surface area contributed by atoms with Crippen molar-refractivity contribution in [3.05, 3.63) is 52.8 Å². The number of fused-ring (bicyclic) bond motifs is 1. The minimum Gasteiger partial charge on any atom is -0.342 e. The van der Waals surface area contributed by atoms with Gasteiger partial charge in [0, 0.05) is 25.2 Å². The van der Waals surface area contributed by atoms with Gasteiger partial charge in [-0.2, -0.15) is 4.31 Å². The molecule has 1 aromatic heterocycles. The lowest BCUT2D eigenvalue weighted by atomic mass is 10.2. The SMILES string of the molecule is CCCCc1nc2ccc(NC(=O)c3cc(S(=O)(=O)N4CCCC4)ccc3Cl)cc2[nH]1.